The maximum Gasteiger partial charge on any atom is 0.416 e. The number of halogens is 3. The van der Waals surface area contributed by atoms with Crippen LogP contribution in [0, 0.1) is 0 Å². The first-order valence-corrected chi connectivity index (χ1v) is 7.16. The van der Waals surface area contributed by atoms with E-state index >= 15 is 0 Å². The van der Waals surface area contributed by atoms with Crippen molar-refractivity contribution in [2.24, 2.45) is 0 Å². The van der Waals surface area contributed by atoms with Gasteiger partial charge in [0.05, 0.1) is 11.3 Å². The Bertz CT molecular complexity index is 707. The van der Waals surface area contributed by atoms with Crippen LogP contribution in [-0.2, 0) is 25.7 Å². The molecule has 0 fully saturated rings. The summed E-state index contributed by atoms with van der Waals surface area (Å²) in [7, 11) is 0. The summed E-state index contributed by atoms with van der Waals surface area (Å²) in [6, 6.07) is 4.72. The van der Waals surface area contributed by atoms with Gasteiger partial charge in [-0.2, -0.15) is 18.3 Å². The average molecular weight is 324 g/mol. The van der Waals surface area contributed by atoms with E-state index in [1.807, 2.05) is 0 Å². The van der Waals surface area contributed by atoms with E-state index in [9.17, 15) is 18.0 Å². The third kappa shape index (κ3) is 3.37. The lowest BCUT2D eigenvalue weighted by Gasteiger charge is -2.13. The van der Waals surface area contributed by atoms with Gasteiger partial charge in [0.1, 0.15) is 0 Å². The largest absolute Gasteiger partial charge is 0.416 e. The predicted octanol–water partition coefficient (Wildman–Crippen LogP) is 2.00. The topological polar surface area (TPSA) is 69.8 Å². The van der Waals surface area contributed by atoms with Crippen LogP contribution in [0.1, 0.15) is 32.9 Å². The molecule has 23 heavy (non-hydrogen) atoms. The number of carbonyl (C=O) groups is 1. The van der Waals surface area contributed by atoms with Crippen molar-refractivity contribution in [2.75, 3.05) is 6.54 Å². The van der Waals surface area contributed by atoms with Crippen LogP contribution in [0.2, 0.25) is 0 Å². The lowest BCUT2D eigenvalue weighted by molar-refractivity contribution is -0.137. The maximum absolute atomic E-state index is 12.5. The molecule has 1 aliphatic rings. The smallest absolute Gasteiger partial charge is 0.347 e. The van der Waals surface area contributed by atoms with Crippen LogP contribution in [0.25, 0.3) is 0 Å². The van der Waals surface area contributed by atoms with E-state index in [1.54, 1.807) is 0 Å². The number of rotatable bonds is 3. The molecular weight excluding hydrogens is 309 g/mol. The highest BCUT2D eigenvalue weighted by Gasteiger charge is 2.30. The Hall–Kier alpha value is -2.35. The summed E-state index contributed by atoms with van der Waals surface area (Å²) in [4.78, 5) is 12.2. The summed E-state index contributed by atoms with van der Waals surface area (Å²) in [5, 5.41) is 12.7. The molecule has 0 radical (unpaired) electrons. The molecule has 1 aromatic carbocycles. The molecule has 2 heterocycles. The molecule has 5 nitrogen and oxygen atoms in total. The number of aromatic amines is 1. The lowest BCUT2D eigenvalue weighted by Crippen LogP contribution is -2.27. The summed E-state index contributed by atoms with van der Waals surface area (Å²) < 4.78 is 37.5. The van der Waals surface area contributed by atoms with E-state index in [4.69, 9.17) is 0 Å². The van der Waals surface area contributed by atoms with Crippen LogP contribution in [0.3, 0.4) is 0 Å². The van der Waals surface area contributed by atoms with Gasteiger partial charge in [-0.15, -0.1) is 0 Å². The number of nitrogens with one attached hydrogen (secondary N) is 3. The average Bonchev–Trinajstić information content (AvgIpc) is 2.96. The number of benzene rings is 1. The number of carbonyl (C=O) groups excluding carboxylic acids is 1. The van der Waals surface area contributed by atoms with E-state index in [-0.39, 0.29) is 12.5 Å². The second kappa shape index (κ2) is 6.04. The number of nitrogens with zero attached hydrogens (tertiary/aromatic N) is 1. The number of hydrogen-bond acceptors (Lipinski definition) is 3. The molecule has 122 valence electrons. The fraction of sp³-hybridized carbons (Fsp3) is 0.333. The summed E-state index contributed by atoms with van der Waals surface area (Å²) >= 11 is 0. The molecule has 8 heteroatoms. The van der Waals surface area contributed by atoms with Gasteiger partial charge in [0.2, 0.25) is 0 Å². The maximum atomic E-state index is 12.5. The zero-order valence-electron chi connectivity index (χ0n) is 12.1. The quantitative estimate of drug-likeness (QED) is 0.809. The van der Waals surface area contributed by atoms with Crippen molar-refractivity contribution in [2.45, 2.75) is 25.7 Å². The molecular formula is C15H15F3N4O. The van der Waals surface area contributed by atoms with Crippen LogP contribution in [0.5, 0.6) is 0 Å². The first-order chi connectivity index (χ1) is 10.9. The zero-order valence-corrected chi connectivity index (χ0v) is 12.1. The standard InChI is InChI=1S/C15H15F3N4O/c16-15(17,18)10-3-1-9(2-4-10)7-20-14(23)13-11-5-6-19-8-12(11)21-22-13/h1-4,19H,5-8H2,(H,20,23)(H,21,22). The number of hydrogen-bond donors (Lipinski definition) is 3. The van der Waals surface area contributed by atoms with Crippen molar-refractivity contribution < 1.29 is 18.0 Å². The summed E-state index contributed by atoms with van der Waals surface area (Å²) in [6.07, 6.45) is -3.64. The minimum Gasteiger partial charge on any atom is -0.347 e. The van der Waals surface area contributed by atoms with Gasteiger partial charge >= 0.3 is 6.18 Å². The number of alkyl halides is 3. The van der Waals surface area contributed by atoms with Gasteiger partial charge in [0.15, 0.2) is 5.69 Å². The van der Waals surface area contributed by atoms with E-state index in [0.29, 0.717) is 17.8 Å². The van der Waals surface area contributed by atoms with E-state index < -0.39 is 11.7 Å². The van der Waals surface area contributed by atoms with Crippen LogP contribution >= 0.6 is 0 Å². The van der Waals surface area contributed by atoms with Crippen molar-refractivity contribution >= 4 is 5.91 Å². The Morgan fingerprint density at radius 3 is 2.70 bits per heavy atom. The molecule has 0 saturated carbocycles. The van der Waals surface area contributed by atoms with Crippen molar-refractivity contribution in [1.82, 2.24) is 20.8 Å². The molecule has 0 bridgehead atoms. The van der Waals surface area contributed by atoms with Crippen LogP contribution < -0.4 is 10.6 Å². The Morgan fingerprint density at radius 1 is 1.26 bits per heavy atom. The molecule has 2 aromatic rings. The number of H-pyrrole nitrogens is 1. The molecule has 1 aromatic heterocycles. The summed E-state index contributed by atoms with van der Waals surface area (Å²) in [5.41, 5.74) is 2.04. The molecule has 0 saturated heterocycles. The molecule has 3 rings (SSSR count). The van der Waals surface area contributed by atoms with Crippen LogP contribution in [0.15, 0.2) is 24.3 Å². The van der Waals surface area contributed by atoms with Crippen molar-refractivity contribution in [3.8, 4) is 0 Å². The van der Waals surface area contributed by atoms with Gasteiger partial charge in [-0.25, -0.2) is 0 Å². The Labute approximate surface area is 130 Å². The second-order valence-corrected chi connectivity index (χ2v) is 5.33. The SMILES string of the molecule is O=C(NCc1ccc(C(F)(F)F)cc1)c1n[nH]c2c1CCNC2. The molecule has 0 spiro atoms. The van der Waals surface area contributed by atoms with Crippen LogP contribution in [0.4, 0.5) is 13.2 Å². The third-order valence-corrected chi connectivity index (χ3v) is 3.76. The molecule has 0 unspecified atom stereocenters. The van der Waals surface area contributed by atoms with Gasteiger partial charge in [0, 0.05) is 18.7 Å². The van der Waals surface area contributed by atoms with Gasteiger partial charge in [-0.05, 0) is 30.7 Å². The van der Waals surface area contributed by atoms with Gasteiger partial charge in [-0.3, -0.25) is 9.89 Å². The molecule has 3 N–H and O–H groups in total. The highest BCUT2D eigenvalue weighted by Crippen LogP contribution is 2.29. The summed E-state index contributed by atoms with van der Waals surface area (Å²) in [5.74, 6) is -0.329. The van der Waals surface area contributed by atoms with E-state index in [1.165, 1.54) is 12.1 Å². The van der Waals surface area contributed by atoms with Gasteiger partial charge < -0.3 is 10.6 Å². The highest BCUT2D eigenvalue weighted by atomic mass is 19.4. The van der Waals surface area contributed by atoms with E-state index in [2.05, 4.69) is 20.8 Å². The van der Waals surface area contributed by atoms with Crippen LogP contribution in [-0.4, -0.2) is 22.6 Å². The fourth-order valence-electron chi connectivity index (χ4n) is 2.51. The normalized spacial score (nSPS) is 14.4. The van der Waals surface area contributed by atoms with E-state index in [0.717, 1.165) is 36.4 Å². The first-order valence-electron chi connectivity index (χ1n) is 7.16. The fourth-order valence-corrected chi connectivity index (χ4v) is 2.51. The molecule has 1 amide bonds. The summed E-state index contributed by atoms with van der Waals surface area (Å²) in [6.45, 7) is 1.58. The van der Waals surface area contributed by atoms with Crippen molar-refractivity contribution in [1.29, 1.82) is 0 Å². The lowest BCUT2D eigenvalue weighted by atomic mass is 10.1. The number of aromatic nitrogens is 2. The monoisotopic (exact) mass is 324 g/mol. The molecule has 0 aliphatic carbocycles. The predicted molar refractivity (Wildman–Crippen MR) is 76.6 cm³/mol. The Balaban J connectivity index is 1.64. The first kappa shape index (κ1) is 15.5. The highest BCUT2D eigenvalue weighted by molar-refractivity contribution is 5.94. The minimum absolute atomic E-state index is 0.150. The van der Waals surface area contributed by atoms with Gasteiger partial charge in [-0.1, -0.05) is 12.1 Å². The second-order valence-electron chi connectivity index (χ2n) is 5.33. The number of fused-ring (bicyclic) bond motifs is 1. The zero-order chi connectivity index (χ0) is 16.4. The molecule has 1 aliphatic heterocycles. The Morgan fingerprint density at radius 2 is 2.00 bits per heavy atom. The minimum atomic E-state index is -4.36. The van der Waals surface area contributed by atoms with Gasteiger partial charge in [0.25, 0.3) is 5.91 Å². The number of amides is 1. The Kier molecular flexibility index (Phi) is 4.08. The third-order valence-electron chi connectivity index (χ3n) is 3.76. The molecule has 0 atom stereocenters. The van der Waals surface area contributed by atoms with Crippen molar-refractivity contribution in [3.63, 3.8) is 0 Å². The van der Waals surface area contributed by atoms with Crippen molar-refractivity contribution in [3.05, 3.63) is 52.3 Å².